The Morgan fingerprint density at radius 2 is 2.47 bits per heavy atom. The summed E-state index contributed by atoms with van der Waals surface area (Å²) in [4.78, 5) is 10.8. The molecule has 0 amide bonds. The summed E-state index contributed by atoms with van der Waals surface area (Å²) >= 11 is 0. The van der Waals surface area contributed by atoms with Crippen LogP contribution in [0.25, 0.3) is 0 Å². The highest BCUT2D eigenvalue weighted by atomic mass is 16.5. The van der Waals surface area contributed by atoms with E-state index in [1.807, 2.05) is 0 Å². The van der Waals surface area contributed by atoms with E-state index < -0.39 is 5.97 Å². The zero-order chi connectivity index (χ0) is 12.3. The van der Waals surface area contributed by atoms with Gasteiger partial charge in [0, 0.05) is 18.2 Å². The van der Waals surface area contributed by atoms with E-state index in [2.05, 4.69) is 5.32 Å². The van der Waals surface area contributed by atoms with Crippen LogP contribution in [0.5, 0.6) is 0 Å². The third kappa shape index (κ3) is 3.08. The van der Waals surface area contributed by atoms with Crippen LogP contribution in [0.1, 0.15) is 34.7 Å². The van der Waals surface area contributed by atoms with Crippen LogP contribution in [0.2, 0.25) is 0 Å². The van der Waals surface area contributed by atoms with Gasteiger partial charge in [0.15, 0.2) is 0 Å². The van der Waals surface area contributed by atoms with Crippen molar-refractivity contribution in [2.45, 2.75) is 32.4 Å². The number of hydrogen-bond acceptors (Lipinski definition) is 4. The molecule has 0 bridgehead atoms. The Morgan fingerprint density at radius 1 is 1.65 bits per heavy atom. The molecule has 2 N–H and O–H groups in total. The zero-order valence-corrected chi connectivity index (χ0v) is 9.86. The summed E-state index contributed by atoms with van der Waals surface area (Å²) in [6, 6.07) is 2.10. The minimum Gasteiger partial charge on any atom is -0.475 e. The van der Waals surface area contributed by atoms with Crippen LogP contribution >= 0.6 is 0 Å². The molecule has 1 unspecified atom stereocenters. The van der Waals surface area contributed by atoms with Crippen LogP contribution in [0, 0.1) is 6.92 Å². The van der Waals surface area contributed by atoms with Gasteiger partial charge in [-0.05, 0) is 25.8 Å². The first-order valence-electron chi connectivity index (χ1n) is 5.80. The van der Waals surface area contributed by atoms with Gasteiger partial charge in [0.1, 0.15) is 5.76 Å². The van der Waals surface area contributed by atoms with Crippen molar-refractivity contribution in [2.24, 2.45) is 0 Å². The predicted octanol–water partition coefficient (Wildman–Crippen LogP) is 1.55. The summed E-state index contributed by atoms with van der Waals surface area (Å²) in [7, 11) is 0. The number of hydrogen-bond donors (Lipinski definition) is 2. The van der Waals surface area contributed by atoms with Crippen molar-refractivity contribution in [3.05, 3.63) is 23.2 Å². The SMILES string of the molecule is Cc1cc(CNC2CCCOC2)oc1C(=O)O. The minimum absolute atomic E-state index is 0.0293. The predicted molar refractivity (Wildman–Crippen MR) is 61.1 cm³/mol. The van der Waals surface area contributed by atoms with Gasteiger partial charge in [-0.3, -0.25) is 0 Å². The Morgan fingerprint density at radius 3 is 3.06 bits per heavy atom. The van der Waals surface area contributed by atoms with Gasteiger partial charge < -0.3 is 19.6 Å². The lowest BCUT2D eigenvalue weighted by Crippen LogP contribution is -2.36. The van der Waals surface area contributed by atoms with E-state index in [9.17, 15) is 4.79 Å². The Labute approximate surface area is 99.8 Å². The number of carbonyl (C=O) groups is 1. The van der Waals surface area contributed by atoms with Gasteiger partial charge in [-0.25, -0.2) is 4.79 Å². The summed E-state index contributed by atoms with van der Waals surface area (Å²) in [6.45, 7) is 3.83. The fourth-order valence-electron chi connectivity index (χ4n) is 1.99. The molecule has 0 spiro atoms. The topological polar surface area (TPSA) is 71.7 Å². The van der Waals surface area contributed by atoms with Crippen LogP contribution in [0.4, 0.5) is 0 Å². The highest BCUT2D eigenvalue weighted by Crippen LogP contribution is 2.15. The molecule has 17 heavy (non-hydrogen) atoms. The maximum absolute atomic E-state index is 10.8. The average Bonchev–Trinajstić information content (AvgIpc) is 2.69. The maximum Gasteiger partial charge on any atom is 0.372 e. The number of aromatic carboxylic acids is 1. The van der Waals surface area contributed by atoms with Crippen molar-refractivity contribution in [1.82, 2.24) is 5.32 Å². The van der Waals surface area contributed by atoms with Crippen molar-refractivity contribution in [2.75, 3.05) is 13.2 Å². The second-order valence-corrected chi connectivity index (χ2v) is 4.32. The zero-order valence-electron chi connectivity index (χ0n) is 9.86. The number of rotatable bonds is 4. The highest BCUT2D eigenvalue weighted by molar-refractivity contribution is 5.86. The molecule has 1 aromatic heterocycles. The maximum atomic E-state index is 10.8. The van der Waals surface area contributed by atoms with Crippen LogP contribution in [0.15, 0.2) is 10.5 Å². The van der Waals surface area contributed by atoms with Crippen LogP contribution in [-0.4, -0.2) is 30.3 Å². The van der Waals surface area contributed by atoms with E-state index in [0.29, 0.717) is 30.5 Å². The second-order valence-electron chi connectivity index (χ2n) is 4.32. The molecule has 0 radical (unpaired) electrons. The number of nitrogens with one attached hydrogen (secondary N) is 1. The number of furan rings is 1. The van der Waals surface area contributed by atoms with Gasteiger partial charge in [0.05, 0.1) is 13.2 Å². The summed E-state index contributed by atoms with van der Waals surface area (Å²) in [6.07, 6.45) is 2.15. The van der Waals surface area contributed by atoms with Gasteiger partial charge >= 0.3 is 5.97 Å². The van der Waals surface area contributed by atoms with E-state index in [-0.39, 0.29) is 5.76 Å². The smallest absolute Gasteiger partial charge is 0.372 e. The minimum atomic E-state index is -1.02. The molecule has 0 saturated carbocycles. The second kappa shape index (κ2) is 5.33. The Hall–Kier alpha value is -1.33. The molecular weight excluding hydrogens is 222 g/mol. The van der Waals surface area contributed by atoms with Gasteiger partial charge in [0.25, 0.3) is 0 Å². The standard InChI is InChI=1S/C12H17NO4/c1-8-5-10(17-11(8)12(14)15)6-13-9-3-2-4-16-7-9/h5,9,13H,2-4,6-7H2,1H3,(H,14,15). The molecule has 0 aromatic carbocycles. The lowest BCUT2D eigenvalue weighted by atomic mass is 10.1. The Bertz CT molecular complexity index is 393. The average molecular weight is 239 g/mol. The van der Waals surface area contributed by atoms with Crippen molar-refractivity contribution in [3.8, 4) is 0 Å². The van der Waals surface area contributed by atoms with Crippen molar-refractivity contribution in [3.63, 3.8) is 0 Å². The number of carboxylic acids is 1. The summed E-state index contributed by atoms with van der Waals surface area (Å²) in [5.74, 6) is -0.332. The van der Waals surface area contributed by atoms with E-state index in [4.69, 9.17) is 14.3 Å². The number of carboxylic acid groups (broad SMARTS) is 1. The van der Waals surface area contributed by atoms with Gasteiger partial charge in [-0.15, -0.1) is 0 Å². The van der Waals surface area contributed by atoms with Crippen LogP contribution in [-0.2, 0) is 11.3 Å². The first-order valence-corrected chi connectivity index (χ1v) is 5.80. The largest absolute Gasteiger partial charge is 0.475 e. The normalized spacial score (nSPS) is 20.4. The molecule has 0 aliphatic carbocycles. The highest BCUT2D eigenvalue weighted by Gasteiger charge is 2.16. The molecule has 5 nitrogen and oxygen atoms in total. The molecule has 1 aliphatic rings. The molecule has 1 saturated heterocycles. The molecular formula is C12H17NO4. The van der Waals surface area contributed by atoms with Crippen molar-refractivity contribution < 1.29 is 19.1 Å². The monoisotopic (exact) mass is 239 g/mol. The molecule has 5 heteroatoms. The van der Waals surface area contributed by atoms with Gasteiger partial charge in [0.2, 0.25) is 5.76 Å². The van der Waals surface area contributed by atoms with E-state index in [1.54, 1.807) is 13.0 Å². The van der Waals surface area contributed by atoms with Gasteiger partial charge in [-0.1, -0.05) is 0 Å². The molecule has 2 rings (SSSR count). The summed E-state index contributed by atoms with van der Waals surface area (Å²) in [5, 5.41) is 12.2. The summed E-state index contributed by atoms with van der Waals surface area (Å²) in [5.41, 5.74) is 0.661. The van der Waals surface area contributed by atoms with Crippen LogP contribution < -0.4 is 5.32 Å². The Kier molecular flexibility index (Phi) is 3.81. The fourth-order valence-corrected chi connectivity index (χ4v) is 1.99. The molecule has 1 fully saturated rings. The Balaban J connectivity index is 1.90. The van der Waals surface area contributed by atoms with Crippen LogP contribution in [0.3, 0.4) is 0 Å². The fraction of sp³-hybridized carbons (Fsp3) is 0.583. The molecule has 94 valence electrons. The lowest BCUT2D eigenvalue weighted by molar-refractivity contribution is 0.0650. The molecule has 1 atom stereocenters. The molecule has 1 aliphatic heterocycles. The van der Waals surface area contributed by atoms with E-state index in [1.165, 1.54) is 0 Å². The molecule has 1 aromatic rings. The lowest BCUT2D eigenvalue weighted by Gasteiger charge is -2.22. The van der Waals surface area contributed by atoms with E-state index in [0.717, 1.165) is 19.4 Å². The number of ether oxygens (including phenoxy) is 1. The van der Waals surface area contributed by atoms with Crippen molar-refractivity contribution >= 4 is 5.97 Å². The quantitative estimate of drug-likeness (QED) is 0.834. The number of aryl methyl sites for hydroxylation is 1. The third-order valence-electron chi connectivity index (χ3n) is 2.89. The van der Waals surface area contributed by atoms with E-state index >= 15 is 0 Å². The third-order valence-corrected chi connectivity index (χ3v) is 2.89. The van der Waals surface area contributed by atoms with Crippen molar-refractivity contribution in [1.29, 1.82) is 0 Å². The first kappa shape index (κ1) is 12.1. The first-order chi connectivity index (χ1) is 8.16. The van der Waals surface area contributed by atoms with Gasteiger partial charge in [-0.2, -0.15) is 0 Å². The summed E-state index contributed by atoms with van der Waals surface area (Å²) < 4.78 is 10.6. The molecule has 2 heterocycles.